The summed E-state index contributed by atoms with van der Waals surface area (Å²) in [5.41, 5.74) is -0.118. The molecule has 3 aliphatic rings. The van der Waals surface area contributed by atoms with E-state index < -0.39 is 45.2 Å². The average molecular weight is 476 g/mol. The first-order valence-corrected chi connectivity index (χ1v) is 11.7. The number of halogens is 1. The van der Waals surface area contributed by atoms with Gasteiger partial charge in [0.25, 0.3) is 5.91 Å². The second-order valence-corrected chi connectivity index (χ2v) is 10.0. The Balaban J connectivity index is 1.44. The van der Waals surface area contributed by atoms with Gasteiger partial charge in [-0.2, -0.15) is 4.31 Å². The maximum atomic E-state index is 14.0. The summed E-state index contributed by atoms with van der Waals surface area (Å²) in [7, 11) is -3.83. The molecule has 0 bridgehead atoms. The molecular formula is C21H21FN4O6S. The van der Waals surface area contributed by atoms with Crippen molar-refractivity contribution in [2.45, 2.75) is 18.9 Å². The first-order valence-electron chi connectivity index (χ1n) is 10.1. The van der Waals surface area contributed by atoms with Gasteiger partial charge < -0.3 is 10.1 Å². The van der Waals surface area contributed by atoms with Crippen molar-refractivity contribution in [1.82, 2.24) is 14.9 Å². The number of nitrogens with zero attached hydrogens (tertiary/aromatic N) is 2. The molecule has 12 heteroatoms. The molecule has 0 radical (unpaired) electrons. The summed E-state index contributed by atoms with van der Waals surface area (Å²) in [6.45, 7) is 2.14. The van der Waals surface area contributed by atoms with Gasteiger partial charge in [-0.15, -0.1) is 0 Å². The molecular weight excluding hydrogens is 455 g/mol. The van der Waals surface area contributed by atoms with E-state index in [1.54, 1.807) is 12.1 Å². The summed E-state index contributed by atoms with van der Waals surface area (Å²) in [5, 5.41) is 4.39. The Hall–Kier alpha value is -3.43. The molecule has 1 aromatic rings. The Kier molecular flexibility index (Phi) is 5.85. The Morgan fingerprint density at radius 3 is 2.58 bits per heavy atom. The number of imide groups is 1. The largest absolute Gasteiger partial charge is 0.447 e. The molecule has 2 N–H and O–H groups in total. The Bertz CT molecular complexity index is 1230. The van der Waals surface area contributed by atoms with E-state index in [9.17, 15) is 27.2 Å². The fourth-order valence-corrected chi connectivity index (χ4v) is 5.52. The molecule has 10 nitrogen and oxygen atoms in total. The van der Waals surface area contributed by atoms with Crippen LogP contribution in [0.1, 0.15) is 18.9 Å². The fourth-order valence-electron chi connectivity index (χ4n) is 3.74. The predicted molar refractivity (Wildman–Crippen MR) is 115 cm³/mol. The molecule has 4 amide bonds. The predicted octanol–water partition coefficient (Wildman–Crippen LogP) is 0.694. The van der Waals surface area contributed by atoms with Crippen LogP contribution in [-0.4, -0.2) is 68.3 Å². The number of hydrogen-bond donors (Lipinski definition) is 2. The third-order valence-corrected chi connectivity index (χ3v) is 7.54. The van der Waals surface area contributed by atoms with Gasteiger partial charge in [-0.05, 0) is 31.5 Å². The molecule has 3 aliphatic heterocycles. The van der Waals surface area contributed by atoms with Crippen molar-refractivity contribution in [3.05, 3.63) is 41.2 Å². The number of sulfonamides is 1. The minimum atomic E-state index is -3.83. The molecule has 2 fully saturated rings. The number of hydrogen-bond acceptors (Lipinski definition) is 6. The lowest BCUT2D eigenvalue weighted by Gasteiger charge is -2.28. The number of ether oxygens (including phenoxy) is 1. The van der Waals surface area contributed by atoms with Crippen molar-refractivity contribution in [1.29, 1.82) is 0 Å². The maximum absolute atomic E-state index is 14.0. The summed E-state index contributed by atoms with van der Waals surface area (Å²) >= 11 is 0. The van der Waals surface area contributed by atoms with Gasteiger partial charge in [-0.3, -0.25) is 15.0 Å². The van der Waals surface area contributed by atoms with Gasteiger partial charge in [0, 0.05) is 24.2 Å². The normalized spacial score (nSPS) is 23.4. The molecule has 0 spiro atoms. The number of cyclic esters (lactones) is 1. The van der Waals surface area contributed by atoms with Crippen molar-refractivity contribution >= 4 is 33.7 Å². The van der Waals surface area contributed by atoms with Crippen LogP contribution in [0, 0.1) is 17.7 Å². The van der Waals surface area contributed by atoms with Crippen molar-refractivity contribution in [2.75, 3.05) is 36.9 Å². The van der Waals surface area contributed by atoms with E-state index in [1.807, 2.05) is 5.32 Å². The van der Waals surface area contributed by atoms with E-state index in [0.717, 1.165) is 0 Å². The zero-order valence-electron chi connectivity index (χ0n) is 17.7. The molecule has 0 saturated carbocycles. The molecule has 1 atom stereocenters. The fraction of sp³-hybridized carbons (Fsp3) is 0.381. The second-order valence-electron chi connectivity index (χ2n) is 8.05. The second kappa shape index (κ2) is 8.49. The molecule has 33 heavy (non-hydrogen) atoms. The van der Waals surface area contributed by atoms with Crippen LogP contribution < -0.4 is 15.5 Å². The monoisotopic (exact) mass is 476 g/mol. The van der Waals surface area contributed by atoms with E-state index in [0.29, 0.717) is 29.8 Å². The summed E-state index contributed by atoms with van der Waals surface area (Å²) in [6.07, 6.45) is 1.45. The topological polar surface area (TPSA) is 125 Å². The smallest absolute Gasteiger partial charge is 0.414 e. The molecule has 174 valence electrons. The Morgan fingerprint density at radius 2 is 1.97 bits per heavy atom. The maximum Gasteiger partial charge on any atom is 0.414 e. The van der Waals surface area contributed by atoms with Crippen LogP contribution in [0.4, 0.5) is 19.7 Å². The molecule has 4 rings (SSSR count). The first kappa shape index (κ1) is 22.8. The van der Waals surface area contributed by atoms with Crippen molar-refractivity contribution in [3.8, 4) is 11.8 Å². The third kappa shape index (κ3) is 4.84. The number of benzene rings is 1. The zero-order valence-corrected chi connectivity index (χ0v) is 18.5. The highest BCUT2D eigenvalue weighted by atomic mass is 32.2. The van der Waals surface area contributed by atoms with Crippen molar-refractivity contribution < 1.29 is 31.9 Å². The summed E-state index contributed by atoms with van der Waals surface area (Å²) < 4.78 is 45.6. The van der Waals surface area contributed by atoms with Gasteiger partial charge >= 0.3 is 12.1 Å². The lowest BCUT2D eigenvalue weighted by Crippen LogP contribution is -2.52. The van der Waals surface area contributed by atoms with E-state index in [4.69, 9.17) is 4.74 Å². The average Bonchev–Trinajstić information content (AvgIpc) is 3.27. The highest BCUT2D eigenvalue weighted by molar-refractivity contribution is 7.89. The minimum Gasteiger partial charge on any atom is -0.447 e. The SMILES string of the molecule is CC1(CS(=O)(=O)N2CC=C(C#Cc3cc(F)cc(N4CCOC4=O)c3)CC2)NC(=O)NC1=O. The van der Waals surface area contributed by atoms with E-state index in [2.05, 4.69) is 17.2 Å². The van der Waals surface area contributed by atoms with Gasteiger partial charge in [0.05, 0.1) is 18.0 Å². The van der Waals surface area contributed by atoms with Crippen LogP contribution in [0.15, 0.2) is 29.8 Å². The third-order valence-electron chi connectivity index (χ3n) is 5.48. The molecule has 2 saturated heterocycles. The van der Waals surface area contributed by atoms with E-state index in [1.165, 1.54) is 28.3 Å². The van der Waals surface area contributed by atoms with Gasteiger partial charge in [0.2, 0.25) is 10.0 Å². The Morgan fingerprint density at radius 1 is 1.18 bits per heavy atom. The summed E-state index contributed by atoms with van der Waals surface area (Å²) in [6, 6.07) is 3.34. The van der Waals surface area contributed by atoms with E-state index >= 15 is 0 Å². The molecule has 0 aromatic heterocycles. The minimum absolute atomic E-state index is 0.0615. The van der Waals surface area contributed by atoms with Crippen LogP contribution in [-0.2, 0) is 19.6 Å². The zero-order chi connectivity index (χ0) is 23.8. The number of carbonyl (C=O) groups excluding carboxylic acids is 3. The van der Waals surface area contributed by atoms with Crippen LogP contribution >= 0.6 is 0 Å². The standard InChI is InChI=1S/C21H21FN4O6S/c1-21(18(27)23-19(28)24-21)13-33(30,31)25-6-4-14(5-7-25)2-3-15-10-16(22)12-17(11-15)26-8-9-32-20(26)29/h4,10-12H,5-9,13H2,1H3,(H2,23,24,27,28). The molecule has 3 heterocycles. The van der Waals surface area contributed by atoms with Crippen LogP contribution in [0.5, 0.6) is 0 Å². The highest BCUT2D eigenvalue weighted by Gasteiger charge is 2.46. The lowest BCUT2D eigenvalue weighted by molar-refractivity contribution is -0.122. The number of carbonyl (C=O) groups is 3. The number of anilines is 1. The van der Waals surface area contributed by atoms with Gasteiger partial charge in [0.15, 0.2) is 0 Å². The highest BCUT2D eigenvalue weighted by Crippen LogP contribution is 2.22. The summed E-state index contributed by atoms with van der Waals surface area (Å²) in [4.78, 5) is 36.3. The molecule has 1 unspecified atom stereocenters. The lowest BCUT2D eigenvalue weighted by atomic mass is 10.1. The van der Waals surface area contributed by atoms with Crippen molar-refractivity contribution in [3.63, 3.8) is 0 Å². The van der Waals surface area contributed by atoms with Crippen LogP contribution in [0.2, 0.25) is 0 Å². The molecule has 0 aliphatic carbocycles. The van der Waals surface area contributed by atoms with E-state index in [-0.39, 0.29) is 19.7 Å². The van der Waals surface area contributed by atoms with Crippen LogP contribution in [0.3, 0.4) is 0 Å². The number of nitrogens with one attached hydrogen (secondary N) is 2. The van der Waals surface area contributed by atoms with Crippen LogP contribution in [0.25, 0.3) is 0 Å². The number of rotatable bonds is 4. The van der Waals surface area contributed by atoms with Crippen molar-refractivity contribution in [2.24, 2.45) is 0 Å². The van der Waals surface area contributed by atoms with Gasteiger partial charge in [-0.25, -0.2) is 22.4 Å². The Labute approximate surface area is 189 Å². The molecule has 1 aromatic carbocycles. The number of amides is 4. The first-order chi connectivity index (χ1) is 15.6. The van der Waals surface area contributed by atoms with Gasteiger partial charge in [-0.1, -0.05) is 17.9 Å². The number of urea groups is 1. The quantitative estimate of drug-likeness (QED) is 0.487. The summed E-state index contributed by atoms with van der Waals surface area (Å²) in [5.74, 6) is 4.00. The van der Waals surface area contributed by atoms with Gasteiger partial charge in [0.1, 0.15) is 18.0 Å².